The molecule has 0 aromatic heterocycles. The Bertz CT molecular complexity index is 531. The number of ether oxygens (including phenoxy) is 1. The van der Waals surface area contributed by atoms with Gasteiger partial charge in [0, 0.05) is 25.2 Å². The van der Waals surface area contributed by atoms with Crippen LogP contribution in [0.25, 0.3) is 0 Å². The van der Waals surface area contributed by atoms with Crippen molar-refractivity contribution in [3.05, 3.63) is 29.6 Å². The molecule has 1 aromatic carbocycles. The van der Waals surface area contributed by atoms with E-state index >= 15 is 0 Å². The molecular formula is C16H21FN2O2. The fraction of sp³-hybridized carbons (Fsp3) is 0.562. The SMILES string of the molecule is COc1ccc(C(=O)N2CCC3(CCNC3)CC2)cc1F. The molecule has 5 heteroatoms. The molecule has 1 spiro atoms. The van der Waals surface area contributed by atoms with E-state index in [0.717, 1.165) is 39.0 Å². The topological polar surface area (TPSA) is 41.6 Å². The van der Waals surface area contributed by atoms with E-state index in [0.29, 0.717) is 11.0 Å². The van der Waals surface area contributed by atoms with Crippen molar-refractivity contribution in [1.82, 2.24) is 10.2 Å². The van der Waals surface area contributed by atoms with Gasteiger partial charge in [0.25, 0.3) is 5.91 Å². The van der Waals surface area contributed by atoms with Crippen LogP contribution in [0.2, 0.25) is 0 Å². The molecule has 0 aliphatic carbocycles. The molecule has 1 N–H and O–H groups in total. The van der Waals surface area contributed by atoms with E-state index in [1.165, 1.54) is 25.7 Å². The molecule has 2 aliphatic heterocycles. The number of hydrogen-bond donors (Lipinski definition) is 1. The minimum atomic E-state index is -0.489. The average molecular weight is 292 g/mol. The molecule has 114 valence electrons. The monoisotopic (exact) mass is 292 g/mol. The van der Waals surface area contributed by atoms with Crippen molar-refractivity contribution in [1.29, 1.82) is 0 Å². The van der Waals surface area contributed by atoms with E-state index in [4.69, 9.17) is 4.74 Å². The molecule has 1 amide bonds. The van der Waals surface area contributed by atoms with Crippen LogP contribution < -0.4 is 10.1 Å². The molecule has 0 radical (unpaired) electrons. The average Bonchev–Trinajstić information content (AvgIpc) is 2.95. The van der Waals surface area contributed by atoms with Gasteiger partial charge in [-0.3, -0.25) is 4.79 Å². The highest BCUT2D eigenvalue weighted by Crippen LogP contribution is 2.37. The fourth-order valence-corrected chi connectivity index (χ4v) is 3.39. The summed E-state index contributed by atoms with van der Waals surface area (Å²) in [5, 5.41) is 3.41. The Morgan fingerprint density at radius 3 is 2.67 bits per heavy atom. The van der Waals surface area contributed by atoms with Gasteiger partial charge < -0.3 is 15.0 Å². The van der Waals surface area contributed by atoms with Gasteiger partial charge >= 0.3 is 0 Å². The molecule has 21 heavy (non-hydrogen) atoms. The Morgan fingerprint density at radius 1 is 1.33 bits per heavy atom. The standard InChI is InChI=1S/C16H21FN2O2/c1-21-14-3-2-12(10-13(14)17)15(20)19-8-5-16(6-9-19)4-7-18-11-16/h2-3,10,18H,4-9,11H2,1H3. The van der Waals surface area contributed by atoms with Gasteiger partial charge in [-0.1, -0.05) is 0 Å². The molecule has 0 saturated carbocycles. The molecule has 3 rings (SSSR count). The van der Waals surface area contributed by atoms with Crippen molar-refractivity contribution in [3.8, 4) is 5.75 Å². The lowest BCUT2D eigenvalue weighted by atomic mass is 9.78. The summed E-state index contributed by atoms with van der Waals surface area (Å²) < 4.78 is 18.6. The Balaban J connectivity index is 1.67. The summed E-state index contributed by atoms with van der Waals surface area (Å²) in [6.07, 6.45) is 3.26. The highest BCUT2D eigenvalue weighted by atomic mass is 19.1. The number of rotatable bonds is 2. The van der Waals surface area contributed by atoms with Gasteiger partial charge in [0.15, 0.2) is 11.6 Å². The van der Waals surface area contributed by atoms with Crippen LogP contribution in [-0.4, -0.2) is 44.1 Å². The number of piperidine rings is 1. The van der Waals surface area contributed by atoms with Crippen LogP contribution in [0.1, 0.15) is 29.6 Å². The minimum Gasteiger partial charge on any atom is -0.494 e. The number of carbonyl (C=O) groups is 1. The third-order valence-electron chi connectivity index (χ3n) is 4.84. The first kappa shape index (κ1) is 14.3. The summed E-state index contributed by atoms with van der Waals surface area (Å²) >= 11 is 0. The lowest BCUT2D eigenvalue weighted by Gasteiger charge is -2.38. The van der Waals surface area contributed by atoms with E-state index in [-0.39, 0.29) is 11.7 Å². The van der Waals surface area contributed by atoms with E-state index in [1.807, 2.05) is 4.90 Å². The van der Waals surface area contributed by atoms with Gasteiger partial charge in [-0.2, -0.15) is 0 Å². The molecule has 2 saturated heterocycles. The van der Waals surface area contributed by atoms with Crippen molar-refractivity contribution in [2.24, 2.45) is 5.41 Å². The summed E-state index contributed by atoms with van der Waals surface area (Å²) in [6, 6.07) is 4.41. The van der Waals surface area contributed by atoms with Crippen molar-refractivity contribution >= 4 is 5.91 Å². The number of halogens is 1. The Labute approximate surface area is 124 Å². The second-order valence-corrected chi connectivity index (χ2v) is 6.07. The summed E-state index contributed by atoms with van der Waals surface area (Å²) in [4.78, 5) is 14.3. The smallest absolute Gasteiger partial charge is 0.253 e. The predicted molar refractivity (Wildman–Crippen MR) is 78.0 cm³/mol. The van der Waals surface area contributed by atoms with Gasteiger partial charge in [0.05, 0.1) is 7.11 Å². The van der Waals surface area contributed by atoms with Gasteiger partial charge in [0.1, 0.15) is 0 Å². The van der Waals surface area contributed by atoms with E-state index in [1.54, 1.807) is 6.07 Å². The summed E-state index contributed by atoms with van der Waals surface area (Å²) in [6.45, 7) is 3.66. The molecule has 0 atom stereocenters. The van der Waals surface area contributed by atoms with Crippen molar-refractivity contribution in [2.45, 2.75) is 19.3 Å². The maximum atomic E-state index is 13.7. The molecule has 1 aromatic rings. The van der Waals surface area contributed by atoms with Crippen LogP contribution in [0.3, 0.4) is 0 Å². The van der Waals surface area contributed by atoms with Gasteiger partial charge in [-0.25, -0.2) is 4.39 Å². The lowest BCUT2D eigenvalue weighted by Crippen LogP contribution is -2.44. The van der Waals surface area contributed by atoms with E-state index < -0.39 is 5.82 Å². The lowest BCUT2D eigenvalue weighted by molar-refractivity contribution is 0.0607. The first-order valence-electron chi connectivity index (χ1n) is 7.47. The zero-order chi connectivity index (χ0) is 14.9. The Kier molecular flexibility index (Phi) is 3.85. The highest BCUT2D eigenvalue weighted by Gasteiger charge is 2.38. The van der Waals surface area contributed by atoms with Crippen LogP contribution in [0.15, 0.2) is 18.2 Å². The molecule has 2 fully saturated rings. The summed E-state index contributed by atoms with van der Waals surface area (Å²) in [5.41, 5.74) is 0.774. The number of amides is 1. The summed E-state index contributed by atoms with van der Waals surface area (Å²) in [5.74, 6) is -0.407. The molecule has 2 heterocycles. The first-order chi connectivity index (χ1) is 10.1. The number of hydrogen-bond acceptors (Lipinski definition) is 3. The quantitative estimate of drug-likeness (QED) is 0.907. The van der Waals surface area contributed by atoms with E-state index in [2.05, 4.69) is 5.32 Å². The van der Waals surface area contributed by atoms with Gasteiger partial charge in [0.2, 0.25) is 0 Å². The number of carbonyl (C=O) groups excluding carboxylic acids is 1. The number of methoxy groups -OCH3 is 1. The minimum absolute atomic E-state index is 0.0858. The van der Waals surface area contributed by atoms with E-state index in [9.17, 15) is 9.18 Å². The normalized spacial score (nSPS) is 20.8. The molecular weight excluding hydrogens is 271 g/mol. The van der Waals surface area contributed by atoms with Crippen molar-refractivity contribution in [2.75, 3.05) is 33.3 Å². The van der Waals surface area contributed by atoms with Crippen molar-refractivity contribution < 1.29 is 13.9 Å². The highest BCUT2D eigenvalue weighted by molar-refractivity contribution is 5.94. The molecule has 4 nitrogen and oxygen atoms in total. The third-order valence-corrected chi connectivity index (χ3v) is 4.84. The number of nitrogens with zero attached hydrogens (tertiary/aromatic N) is 1. The first-order valence-corrected chi connectivity index (χ1v) is 7.47. The van der Waals surface area contributed by atoms with Crippen LogP contribution in [-0.2, 0) is 0 Å². The maximum absolute atomic E-state index is 13.7. The summed E-state index contributed by atoms with van der Waals surface area (Å²) in [7, 11) is 1.42. The fourth-order valence-electron chi connectivity index (χ4n) is 3.39. The van der Waals surface area contributed by atoms with Crippen LogP contribution >= 0.6 is 0 Å². The van der Waals surface area contributed by atoms with Crippen molar-refractivity contribution in [3.63, 3.8) is 0 Å². The Hall–Kier alpha value is -1.62. The maximum Gasteiger partial charge on any atom is 0.253 e. The third kappa shape index (κ3) is 2.75. The van der Waals surface area contributed by atoms with Crippen LogP contribution in [0.4, 0.5) is 4.39 Å². The number of nitrogens with one attached hydrogen (secondary N) is 1. The number of likely N-dealkylation sites (tertiary alicyclic amines) is 1. The molecule has 2 aliphatic rings. The second kappa shape index (κ2) is 5.64. The zero-order valence-corrected chi connectivity index (χ0v) is 12.3. The zero-order valence-electron chi connectivity index (χ0n) is 12.3. The van der Waals surface area contributed by atoms with Crippen LogP contribution in [0, 0.1) is 11.2 Å². The molecule has 0 bridgehead atoms. The second-order valence-electron chi connectivity index (χ2n) is 6.07. The van der Waals surface area contributed by atoms with Gasteiger partial charge in [-0.15, -0.1) is 0 Å². The predicted octanol–water partition coefficient (Wildman–Crippen LogP) is 2.05. The number of benzene rings is 1. The Morgan fingerprint density at radius 2 is 2.10 bits per heavy atom. The largest absolute Gasteiger partial charge is 0.494 e. The van der Waals surface area contributed by atoms with Gasteiger partial charge in [-0.05, 0) is 49.4 Å². The molecule has 0 unspecified atom stereocenters. The van der Waals surface area contributed by atoms with Crippen LogP contribution in [0.5, 0.6) is 5.75 Å².